The van der Waals surface area contributed by atoms with Gasteiger partial charge in [-0.15, -0.1) is 0 Å². The first-order chi connectivity index (χ1) is 15.2. The summed E-state index contributed by atoms with van der Waals surface area (Å²) in [5.41, 5.74) is -1.22. The zero-order valence-corrected chi connectivity index (χ0v) is 26.4. The van der Waals surface area contributed by atoms with Gasteiger partial charge in [0, 0.05) is 11.8 Å². The van der Waals surface area contributed by atoms with Gasteiger partial charge in [0.15, 0.2) is 10.7 Å². The number of aromatic nitrogens is 1. The molecule has 0 N–H and O–H groups in total. The van der Waals surface area contributed by atoms with Crippen LogP contribution >= 0.6 is 94.6 Å². The summed E-state index contributed by atoms with van der Waals surface area (Å²) in [5.74, 6) is 0.0521. The minimum Gasteiger partial charge on any atom is -0.404 e. The van der Waals surface area contributed by atoms with Crippen molar-refractivity contribution >= 4 is 118 Å². The van der Waals surface area contributed by atoms with Crippen LogP contribution in [0.5, 0.6) is 5.88 Å². The van der Waals surface area contributed by atoms with Crippen LogP contribution in [0.15, 0.2) is 6.07 Å². The van der Waals surface area contributed by atoms with Gasteiger partial charge in [0.05, 0.1) is 31.5 Å². The zero-order chi connectivity index (χ0) is 25.9. The average Bonchev–Trinajstić information content (AvgIpc) is 2.66. The lowest BCUT2D eigenvalue weighted by Crippen LogP contribution is -2.22. The van der Waals surface area contributed by atoms with Crippen molar-refractivity contribution in [2.24, 2.45) is 0 Å². The Morgan fingerprint density at radius 1 is 0.848 bits per heavy atom. The molecule has 1 aromatic heterocycles. The second-order valence-corrected chi connectivity index (χ2v) is 15.0. The molecule has 0 fully saturated rings. The second kappa shape index (κ2) is 16.8. The highest BCUT2D eigenvalue weighted by Gasteiger charge is 2.37. The Morgan fingerprint density at radius 3 is 1.67 bits per heavy atom. The van der Waals surface area contributed by atoms with Gasteiger partial charge in [0.1, 0.15) is 5.02 Å². The van der Waals surface area contributed by atoms with Gasteiger partial charge in [-0.1, -0.05) is 81.2 Å². The third-order valence-electron chi connectivity index (χ3n) is 2.68. The highest BCUT2D eigenvalue weighted by atomic mass is 35.6. The molecule has 0 aliphatic carbocycles. The molecule has 0 aliphatic heterocycles. The van der Waals surface area contributed by atoms with E-state index in [9.17, 15) is 0 Å². The van der Waals surface area contributed by atoms with Gasteiger partial charge in [-0.05, 0) is 45.6 Å². The molecule has 0 aliphatic rings. The molecule has 0 amide bonds. The summed E-state index contributed by atoms with van der Waals surface area (Å²) in [6.07, 6.45) is 0. The van der Waals surface area contributed by atoms with Crippen LogP contribution in [-0.4, -0.2) is 40.8 Å². The largest absolute Gasteiger partial charge is 0.404 e. The van der Waals surface area contributed by atoms with E-state index in [1.165, 1.54) is 6.07 Å². The lowest BCUT2D eigenvalue weighted by atomic mass is 10.5. The Bertz CT molecular complexity index is 817. The zero-order valence-electron chi connectivity index (χ0n) is 17.7. The van der Waals surface area contributed by atoms with Crippen LogP contribution in [0.4, 0.5) is 0 Å². The molecule has 1 heterocycles. The fraction of sp³-hybridized carbons (Fsp3) is 0.667. The van der Waals surface area contributed by atoms with Crippen LogP contribution in [-0.2, 0) is 46.2 Å². The Morgan fingerprint density at radius 2 is 1.27 bits per heavy atom. The predicted molar refractivity (Wildman–Crippen MR) is 146 cm³/mol. The van der Waals surface area contributed by atoms with Gasteiger partial charge in [-0.3, -0.25) is 13.6 Å². The minimum absolute atomic E-state index is 0.0521. The summed E-state index contributed by atoms with van der Waals surface area (Å²) < 4.78 is 29.7. The molecular formula is C15H22Cl7NO6P2S2. The summed E-state index contributed by atoms with van der Waals surface area (Å²) in [7, 11) is 0. The number of rotatable bonds is 12. The van der Waals surface area contributed by atoms with Gasteiger partial charge >= 0.3 is 13.4 Å². The summed E-state index contributed by atoms with van der Waals surface area (Å²) in [4.78, 5) is 3.90. The van der Waals surface area contributed by atoms with E-state index in [0.29, 0.717) is 26.4 Å². The first kappa shape index (κ1) is 35.1. The monoisotopic (exact) mass is 683 g/mol. The first-order valence-electron chi connectivity index (χ1n) is 9.05. The van der Waals surface area contributed by atoms with Crippen LogP contribution in [0, 0.1) is 0 Å². The number of halogens is 7. The molecule has 0 aromatic carbocycles. The van der Waals surface area contributed by atoms with Gasteiger partial charge in [0.2, 0.25) is 9.67 Å². The maximum absolute atomic E-state index is 5.94. The van der Waals surface area contributed by atoms with Crippen molar-refractivity contribution in [3.8, 4) is 5.88 Å². The van der Waals surface area contributed by atoms with E-state index in [1.807, 2.05) is 0 Å². The summed E-state index contributed by atoms with van der Waals surface area (Å²) >= 11 is 50.0. The summed E-state index contributed by atoms with van der Waals surface area (Å²) in [6, 6.07) is 1.42. The van der Waals surface area contributed by atoms with Gasteiger partial charge in [0.25, 0.3) is 0 Å². The van der Waals surface area contributed by atoms with Crippen LogP contribution in [0.25, 0.3) is 0 Å². The quantitative estimate of drug-likeness (QED) is 0.122. The van der Waals surface area contributed by atoms with Crippen molar-refractivity contribution in [2.75, 3.05) is 26.4 Å². The molecule has 7 nitrogen and oxygen atoms in total. The summed E-state index contributed by atoms with van der Waals surface area (Å²) in [5, 5.41) is 0.499. The molecule has 0 saturated carbocycles. The smallest absolute Gasteiger partial charge is 0.381 e. The third kappa shape index (κ3) is 14.0. The van der Waals surface area contributed by atoms with E-state index in [4.69, 9.17) is 132 Å². The molecule has 1 unspecified atom stereocenters. The van der Waals surface area contributed by atoms with Crippen LogP contribution in [0.2, 0.25) is 15.2 Å². The number of alkyl halides is 4. The van der Waals surface area contributed by atoms with Crippen molar-refractivity contribution in [3.05, 3.63) is 21.3 Å². The minimum atomic E-state index is -2.92. The van der Waals surface area contributed by atoms with Gasteiger partial charge in [-0.2, -0.15) is 4.98 Å². The molecule has 0 bridgehead atoms. The van der Waals surface area contributed by atoms with E-state index < -0.39 is 22.8 Å². The SMILES string of the molecule is CCOP(=S)(OCC)OC(Cl)C(Cl)(Cl)Cl.CCOP(=S)(OCC)Oc1nc(Cl)c(Cl)cc1Cl. The highest BCUT2D eigenvalue weighted by molar-refractivity contribution is 8.08. The van der Waals surface area contributed by atoms with E-state index in [-0.39, 0.29) is 21.1 Å². The van der Waals surface area contributed by atoms with Crippen molar-refractivity contribution in [2.45, 2.75) is 37.1 Å². The van der Waals surface area contributed by atoms with Gasteiger partial charge < -0.3 is 13.6 Å². The van der Waals surface area contributed by atoms with Crippen molar-refractivity contribution in [3.63, 3.8) is 0 Å². The molecule has 1 rings (SSSR count). The molecular weight excluding hydrogens is 664 g/mol. The molecule has 1 aromatic rings. The molecule has 33 heavy (non-hydrogen) atoms. The molecule has 18 heteroatoms. The van der Waals surface area contributed by atoms with Crippen LogP contribution in [0.1, 0.15) is 27.7 Å². The number of nitrogens with zero attached hydrogens (tertiary/aromatic N) is 1. The second-order valence-electron chi connectivity index (χ2n) is 5.17. The van der Waals surface area contributed by atoms with Crippen LogP contribution in [0.3, 0.4) is 0 Å². The standard InChI is InChI=1S/C9H11Cl3NO3PS.C6H11Cl4O3PS/c1-3-14-17(18,15-4-2)16-9-7(11)5-6(10)8(12)13-9;1-3-11-14(15,12-4-2)13-5(7)6(8,9)10/h5H,3-4H2,1-2H3;5H,3-4H2,1-2H3. The maximum atomic E-state index is 5.94. The van der Waals surface area contributed by atoms with E-state index in [1.54, 1.807) is 27.7 Å². The van der Waals surface area contributed by atoms with E-state index in [0.717, 1.165) is 0 Å². The molecule has 1 atom stereocenters. The number of hydrogen-bond donors (Lipinski definition) is 0. The number of pyridine rings is 1. The third-order valence-corrected chi connectivity index (χ3v) is 10.0. The first-order valence-corrected chi connectivity index (χ1v) is 16.9. The molecule has 194 valence electrons. The molecule has 0 spiro atoms. The molecule has 0 radical (unpaired) electrons. The fourth-order valence-electron chi connectivity index (χ4n) is 1.59. The normalized spacial score (nSPS) is 13.3. The van der Waals surface area contributed by atoms with E-state index >= 15 is 0 Å². The topological polar surface area (TPSA) is 68.3 Å². The Labute approximate surface area is 239 Å². The van der Waals surface area contributed by atoms with Gasteiger partial charge in [-0.25, -0.2) is 0 Å². The Hall–Kier alpha value is 2.08. The highest BCUT2D eigenvalue weighted by Crippen LogP contribution is 2.54. The number of hydrogen-bond acceptors (Lipinski definition) is 9. The maximum Gasteiger partial charge on any atom is 0.381 e. The average molecular weight is 687 g/mol. The Balaban J connectivity index is 0.000000633. The van der Waals surface area contributed by atoms with Crippen molar-refractivity contribution in [1.29, 1.82) is 0 Å². The summed E-state index contributed by atoms with van der Waals surface area (Å²) in [6.45, 7) is 2.61. The van der Waals surface area contributed by atoms with Crippen molar-refractivity contribution < 1.29 is 27.1 Å². The lowest BCUT2D eigenvalue weighted by Gasteiger charge is -2.26. The van der Waals surface area contributed by atoms with Crippen LogP contribution < -0.4 is 4.52 Å². The van der Waals surface area contributed by atoms with E-state index in [2.05, 4.69) is 4.98 Å². The predicted octanol–water partition coefficient (Wildman–Crippen LogP) is 8.95. The Kier molecular flexibility index (Phi) is 17.9. The lowest BCUT2D eigenvalue weighted by molar-refractivity contribution is 0.155. The van der Waals surface area contributed by atoms with Crippen molar-refractivity contribution in [1.82, 2.24) is 4.98 Å². The fourth-order valence-corrected chi connectivity index (χ4v) is 7.06. The molecule has 0 saturated heterocycles.